The van der Waals surface area contributed by atoms with E-state index in [1.807, 2.05) is 12.1 Å². The summed E-state index contributed by atoms with van der Waals surface area (Å²) in [5.74, 6) is 2.14. The molecule has 0 aromatic heterocycles. The Morgan fingerprint density at radius 3 is 2.95 bits per heavy atom. The minimum atomic E-state index is 0.563. The average Bonchev–Trinajstić information content (AvgIpc) is 2.97. The van der Waals surface area contributed by atoms with E-state index in [9.17, 15) is 0 Å². The standard InChI is InChI=1S/C15H20ClNO3/c16-13-7-12(8-14-15(13)20-6-5-19-14)9-17-3-1-11-2-4-18-10-11/h7-8,11,17H,1-6,9-10H2. The summed E-state index contributed by atoms with van der Waals surface area (Å²) in [5, 5.41) is 4.08. The third-order valence-electron chi connectivity index (χ3n) is 3.74. The molecule has 2 heterocycles. The summed E-state index contributed by atoms with van der Waals surface area (Å²) in [6, 6.07) is 3.95. The second kappa shape index (κ2) is 6.66. The lowest BCUT2D eigenvalue weighted by Crippen LogP contribution is -2.19. The molecule has 0 aliphatic carbocycles. The van der Waals surface area contributed by atoms with Crippen LogP contribution in [0.2, 0.25) is 5.02 Å². The van der Waals surface area contributed by atoms with Crippen LogP contribution in [0.3, 0.4) is 0 Å². The normalized spacial score (nSPS) is 21.1. The zero-order valence-electron chi connectivity index (χ0n) is 11.5. The molecule has 1 atom stereocenters. The average molecular weight is 298 g/mol. The van der Waals surface area contributed by atoms with Crippen molar-refractivity contribution in [2.75, 3.05) is 33.0 Å². The maximum absolute atomic E-state index is 6.21. The van der Waals surface area contributed by atoms with Crippen molar-refractivity contribution in [3.05, 3.63) is 22.7 Å². The van der Waals surface area contributed by atoms with Gasteiger partial charge in [0, 0.05) is 19.8 Å². The topological polar surface area (TPSA) is 39.7 Å². The molecule has 1 fully saturated rings. The van der Waals surface area contributed by atoms with Crippen molar-refractivity contribution in [2.45, 2.75) is 19.4 Å². The van der Waals surface area contributed by atoms with Crippen molar-refractivity contribution in [3.8, 4) is 11.5 Å². The van der Waals surface area contributed by atoms with Gasteiger partial charge in [-0.2, -0.15) is 0 Å². The molecule has 0 radical (unpaired) electrons. The van der Waals surface area contributed by atoms with Crippen LogP contribution in [0.5, 0.6) is 11.5 Å². The van der Waals surface area contributed by atoms with Crippen LogP contribution >= 0.6 is 11.6 Å². The summed E-state index contributed by atoms with van der Waals surface area (Å²) in [6.07, 6.45) is 2.36. The highest BCUT2D eigenvalue weighted by molar-refractivity contribution is 6.32. The van der Waals surface area contributed by atoms with Gasteiger partial charge in [0.05, 0.1) is 5.02 Å². The molecule has 1 aromatic carbocycles. The number of fused-ring (bicyclic) bond motifs is 1. The van der Waals surface area contributed by atoms with Gasteiger partial charge in [-0.05, 0) is 43.0 Å². The van der Waals surface area contributed by atoms with Gasteiger partial charge in [0.1, 0.15) is 13.2 Å². The Kier molecular flexibility index (Phi) is 4.65. The van der Waals surface area contributed by atoms with E-state index in [1.165, 1.54) is 6.42 Å². The number of benzene rings is 1. The fraction of sp³-hybridized carbons (Fsp3) is 0.600. The van der Waals surface area contributed by atoms with Crippen molar-refractivity contribution in [1.29, 1.82) is 0 Å². The Labute approximate surface area is 124 Å². The third kappa shape index (κ3) is 3.37. The van der Waals surface area contributed by atoms with E-state index in [2.05, 4.69) is 5.32 Å². The van der Waals surface area contributed by atoms with Gasteiger partial charge in [-0.1, -0.05) is 11.6 Å². The Balaban J connectivity index is 1.51. The predicted molar refractivity (Wildman–Crippen MR) is 77.7 cm³/mol. The first-order valence-corrected chi connectivity index (χ1v) is 7.57. The Morgan fingerprint density at radius 1 is 1.20 bits per heavy atom. The number of hydrogen-bond acceptors (Lipinski definition) is 4. The first-order chi connectivity index (χ1) is 9.83. The van der Waals surface area contributed by atoms with Crippen LogP contribution in [-0.2, 0) is 11.3 Å². The number of ether oxygens (including phenoxy) is 3. The first kappa shape index (κ1) is 14.0. The van der Waals surface area contributed by atoms with Gasteiger partial charge < -0.3 is 19.5 Å². The fourth-order valence-electron chi connectivity index (χ4n) is 2.62. The Hall–Kier alpha value is -0.970. The minimum Gasteiger partial charge on any atom is -0.486 e. The van der Waals surface area contributed by atoms with Crippen LogP contribution in [0.25, 0.3) is 0 Å². The molecule has 0 bridgehead atoms. The van der Waals surface area contributed by atoms with Crippen LogP contribution < -0.4 is 14.8 Å². The predicted octanol–water partition coefficient (Wildman–Crippen LogP) is 2.63. The van der Waals surface area contributed by atoms with Crippen molar-refractivity contribution >= 4 is 11.6 Å². The molecule has 1 unspecified atom stereocenters. The summed E-state index contributed by atoms with van der Waals surface area (Å²) in [6.45, 7) is 4.78. The highest BCUT2D eigenvalue weighted by Gasteiger charge is 2.17. The highest BCUT2D eigenvalue weighted by atomic mass is 35.5. The number of halogens is 1. The largest absolute Gasteiger partial charge is 0.486 e. The van der Waals surface area contributed by atoms with Gasteiger partial charge in [-0.25, -0.2) is 0 Å². The van der Waals surface area contributed by atoms with E-state index in [-0.39, 0.29) is 0 Å². The molecule has 1 N–H and O–H groups in total. The molecular weight excluding hydrogens is 278 g/mol. The van der Waals surface area contributed by atoms with Crippen LogP contribution in [0.1, 0.15) is 18.4 Å². The van der Waals surface area contributed by atoms with Crippen LogP contribution in [0, 0.1) is 5.92 Å². The molecule has 0 saturated carbocycles. The second-order valence-electron chi connectivity index (χ2n) is 5.30. The number of nitrogens with one attached hydrogen (secondary N) is 1. The Bertz CT molecular complexity index is 461. The van der Waals surface area contributed by atoms with Crippen molar-refractivity contribution < 1.29 is 14.2 Å². The van der Waals surface area contributed by atoms with E-state index in [4.69, 9.17) is 25.8 Å². The quantitative estimate of drug-likeness (QED) is 0.848. The zero-order chi connectivity index (χ0) is 13.8. The lowest BCUT2D eigenvalue weighted by Gasteiger charge is -2.20. The summed E-state index contributed by atoms with van der Waals surface area (Å²) in [7, 11) is 0. The van der Waals surface area contributed by atoms with Gasteiger partial charge in [0.2, 0.25) is 0 Å². The smallest absolute Gasteiger partial charge is 0.179 e. The summed E-state index contributed by atoms with van der Waals surface area (Å²) >= 11 is 6.21. The SMILES string of the molecule is Clc1cc(CNCCC2CCOC2)cc2c1OCCO2. The van der Waals surface area contributed by atoms with E-state index < -0.39 is 0 Å². The van der Waals surface area contributed by atoms with E-state index in [0.29, 0.717) is 29.9 Å². The first-order valence-electron chi connectivity index (χ1n) is 7.19. The lowest BCUT2D eigenvalue weighted by atomic mass is 10.1. The Morgan fingerprint density at radius 2 is 2.10 bits per heavy atom. The summed E-state index contributed by atoms with van der Waals surface area (Å²) in [4.78, 5) is 0. The molecule has 110 valence electrons. The molecule has 2 aliphatic heterocycles. The van der Waals surface area contributed by atoms with Gasteiger partial charge in [0.15, 0.2) is 11.5 Å². The van der Waals surface area contributed by atoms with Crippen molar-refractivity contribution in [2.24, 2.45) is 5.92 Å². The molecule has 3 rings (SSSR count). The van der Waals surface area contributed by atoms with Crippen molar-refractivity contribution in [3.63, 3.8) is 0 Å². The van der Waals surface area contributed by atoms with Crippen LogP contribution in [0.15, 0.2) is 12.1 Å². The monoisotopic (exact) mass is 297 g/mol. The molecule has 2 aliphatic rings. The minimum absolute atomic E-state index is 0.563. The summed E-state index contributed by atoms with van der Waals surface area (Å²) in [5.41, 5.74) is 1.13. The van der Waals surface area contributed by atoms with E-state index in [0.717, 1.165) is 44.0 Å². The molecule has 1 saturated heterocycles. The molecule has 0 amide bonds. The fourth-order valence-corrected chi connectivity index (χ4v) is 2.90. The van der Waals surface area contributed by atoms with Gasteiger partial charge in [0.25, 0.3) is 0 Å². The highest BCUT2D eigenvalue weighted by Crippen LogP contribution is 2.38. The third-order valence-corrected chi connectivity index (χ3v) is 4.02. The van der Waals surface area contributed by atoms with E-state index >= 15 is 0 Å². The molecule has 4 nitrogen and oxygen atoms in total. The van der Waals surface area contributed by atoms with Crippen LogP contribution in [-0.4, -0.2) is 33.0 Å². The lowest BCUT2D eigenvalue weighted by molar-refractivity contribution is 0.171. The van der Waals surface area contributed by atoms with Gasteiger partial charge >= 0.3 is 0 Å². The van der Waals surface area contributed by atoms with Gasteiger partial charge in [-0.15, -0.1) is 0 Å². The van der Waals surface area contributed by atoms with Gasteiger partial charge in [-0.3, -0.25) is 0 Å². The molecular formula is C15H20ClNO3. The number of rotatable bonds is 5. The molecule has 0 spiro atoms. The maximum atomic E-state index is 6.21. The second-order valence-corrected chi connectivity index (χ2v) is 5.70. The summed E-state index contributed by atoms with van der Waals surface area (Å²) < 4.78 is 16.5. The van der Waals surface area contributed by atoms with Crippen LogP contribution in [0.4, 0.5) is 0 Å². The van der Waals surface area contributed by atoms with E-state index in [1.54, 1.807) is 0 Å². The molecule has 5 heteroatoms. The maximum Gasteiger partial charge on any atom is 0.179 e. The number of hydrogen-bond donors (Lipinski definition) is 1. The molecule has 1 aromatic rings. The van der Waals surface area contributed by atoms with Crippen molar-refractivity contribution in [1.82, 2.24) is 5.32 Å². The zero-order valence-corrected chi connectivity index (χ0v) is 12.2. The molecule has 20 heavy (non-hydrogen) atoms.